The van der Waals surface area contributed by atoms with Gasteiger partial charge in [0.15, 0.2) is 0 Å². The fraction of sp³-hybridized carbons (Fsp3) is 0.524. The minimum absolute atomic E-state index is 0.000287. The number of amides is 2. The van der Waals surface area contributed by atoms with Gasteiger partial charge in [0.05, 0.1) is 12.5 Å². The van der Waals surface area contributed by atoms with Gasteiger partial charge in [0.25, 0.3) is 0 Å². The normalized spacial score (nSPS) is 20.6. The molecule has 1 saturated carbocycles. The van der Waals surface area contributed by atoms with Crippen LogP contribution in [0.4, 0.5) is 5.69 Å². The Morgan fingerprint density at radius 3 is 2.20 bits per heavy atom. The zero-order valence-corrected chi connectivity index (χ0v) is 16.4. The highest BCUT2D eigenvalue weighted by atomic mass is 16.2. The third-order valence-corrected chi connectivity index (χ3v) is 5.07. The van der Waals surface area contributed by atoms with Crippen molar-refractivity contribution < 1.29 is 9.59 Å². The minimum atomic E-state index is -0.194. The van der Waals surface area contributed by atoms with E-state index < -0.39 is 0 Å². The van der Waals surface area contributed by atoms with E-state index in [4.69, 9.17) is 0 Å². The number of carbonyl (C=O) groups excluding carboxylic acids is 2. The van der Waals surface area contributed by atoms with Crippen molar-refractivity contribution in [2.24, 2.45) is 17.3 Å². The van der Waals surface area contributed by atoms with Crippen LogP contribution in [0.25, 0.3) is 0 Å². The van der Waals surface area contributed by atoms with Crippen LogP contribution in [0.2, 0.25) is 0 Å². The highest BCUT2D eigenvalue weighted by Gasteiger charge is 2.60. The Morgan fingerprint density at radius 1 is 1.12 bits per heavy atom. The Bertz CT molecular complexity index is 704. The van der Waals surface area contributed by atoms with E-state index >= 15 is 0 Å². The molecule has 0 aromatic heterocycles. The van der Waals surface area contributed by atoms with Crippen LogP contribution in [0.5, 0.6) is 0 Å². The maximum Gasteiger partial charge on any atom is 0.243 e. The molecule has 1 aliphatic carbocycles. The molecule has 136 valence electrons. The zero-order valence-electron chi connectivity index (χ0n) is 16.4. The molecule has 2 amide bonds. The third-order valence-electron chi connectivity index (χ3n) is 5.07. The smallest absolute Gasteiger partial charge is 0.243 e. The molecular formula is C21H30N2O2. The summed E-state index contributed by atoms with van der Waals surface area (Å²) in [7, 11) is 0. The van der Waals surface area contributed by atoms with E-state index in [9.17, 15) is 9.59 Å². The van der Waals surface area contributed by atoms with Crippen molar-refractivity contribution in [1.82, 2.24) is 5.32 Å². The van der Waals surface area contributed by atoms with Gasteiger partial charge in [-0.3, -0.25) is 9.59 Å². The minimum Gasteiger partial charge on any atom is -0.347 e. The molecule has 0 saturated heterocycles. The van der Waals surface area contributed by atoms with Crippen LogP contribution in [0.15, 0.2) is 23.8 Å². The van der Waals surface area contributed by atoms with Crippen molar-refractivity contribution >= 4 is 17.5 Å². The molecule has 2 N–H and O–H groups in total. The van der Waals surface area contributed by atoms with Gasteiger partial charge in [0, 0.05) is 5.69 Å². The first-order valence-electron chi connectivity index (χ1n) is 8.84. The Hall–Kier alpha value is -2.10. The highest BCUT2D eigenvalue weighted by molar-refractivity contribution is 5.96. The number of benzene rings is 1. The lowest BCUT2D eigenvalue weighted by molar-refractivity contribution is -0.125. The van der Waals surface area contributed by atoms with Gasteiger partial charge in [-0.25, -0.2) is 0 Å². The van der Waals surface area contributed by atoms with Crippen LogP contribution >= 0.6 is 0 Å². The van der Waals surface area contributed by atoms with E-state index in [1.165, 1.54) is 11.1 Å². The molecule has 0 radical (unpaired) electrons. The molecule has 0 heterocycles. The largest absolute Gasteiger partial charge is 0.347 e. The molecular weight excluding hydrogens is 312 g/mol. The van der Waals surface area contributed by atoms with Crippen LogP contribution in [0.1, 0.15) is 44.4 Å². The predicted molar refractivity (Wildman–Crippen MR) is 102 cm³/mol. The van der Waals surface area contributed by atoms with Gasteiger partial charge in [0.1, 0.15) is 0 Å². The second-order valence-electron chi connectivity index (χ2n) is 8.11. The van der Waals surface area contributed by atoms with Crippen LogP contribution in [0, 0.1) is 38.0 Å². The average Bonchev–Trinajstić information content (AvgIpc) is 3.00. The van der Waals surface area contributed by atoms with Crippen molar-refractivity contribution in [1.29, 1.82) is 0 Å². The Kier molecular flexibility index (Phi) is 5.40. The summed E-state index contributed by atoms with van der Waals surface area (Å²) in [6.45, 7) is 14.3. The first kappa shape index (κ1) is 19.2. The van der Waals surface area contributed by atoms with Gasteiger partial charge in [-0.15, -0.1) is 0 Å². The summed E-state index contributed by atoms with van der Waals surface area (Å²) in [5.41, 5.74) is 5.24. The molecule has 0 spiro atoms. The number of rotatable bonds is 5. The lowest BCUT2D eigenvalue weighted by Gasteiger charge is -2.13. The third kappa shape index (κ3) is 4.30. The van der Waals surface area contributed by atoms with Crippen LogP contribution in [-0.2, 0) is 9.59 Å². The monoisotopic (exact) mass is 342 g/mol. The zero-order chi connectivity index (χ0) is 18.9. The number of aryl methyl sites for hydroxylation is 3. The van der Waals surface area contributed by atoms with Gasteiger partial charge in [0.2, 0.25) is 11.8 Å². The number of hydrogen-bond acceptors (Lipinski definition) is 2. The molecule has 0 aliphatic heterocycles. The predicted octanol–water partition coefficient (Wildman–Crippen LogP) is 3.90. The first-order chi connectivity index (χ1) is 11.5. The molecule has 25 heavy (non-hydrogen) atoms. The van der Waals surface area contributed by atoms with Gasteiger partial charge in [-0.2, -0.15) is 0 Å². The van der Waals surface area contributed by atoms with Crippen LogP contribution < -0.4 is 10.6 Å². The Morgan fingerprint density at radius 2 is 1.68 bits per heavy atom. The lowest BCUT2D eigenvalue weighted by atomic mass is 10.1. The summed E-state index contributed by atoms with van der Waals surface area (Å²) in [6.07, 6.45) is 2.16. The summed E-state index contributed by atoms with van der Waals surface area (Å²) in [5.74, 6) is -0.0409. The maximum absolute atomic E-state index is 12.4. The van der Waals surface area contributed by atoms with Gasteiger partial charge >= 0.3 is 0 Å². The summed E-state index contributed by atoms with van der Waals surface area (Å²) < 4.78 is 0. The summed E-state index contributed by atoms with van der Waals surface area (Å²) in [6, 6.07) is 4.08. The topological polar surface area (TPSA) is 58.2 Å². The summed E-state index contributed by atoms with van der Waals surface area (Å²) in [4.78, 5) is 24.7. The standard InChI is InChI=1S/C21H30N2O2/c1-12(2)8-16-18(21(16,6)7)20(25)22-11-17(24)23-19-14(4)9-13(3)10-15(19)5/h8-10,16,18H,11H2,1-7H3,(H,22,25)(H,23,24)/t16-,18-/m0/s1. The van der Waals surface area contributed by atoms with E-state index in [1.807, 2.05) is 46.8 Å². The molecule has 0 bridgehead atoms. The molecule has 4 heteroatoms. The van der Waals surface area contributed by atoms with Crippen molar-refractivity contribution in [3.05, 3.63) is 40.5 Å². The number of anilines is 1. The van der Waals surface area contributed by atoms with E-state index in [1.54, 1.807) is 0 Å². The summed E-state index contributed by atoms with van der Waals surface area (Å²) >= 11 is 0. The second kappa shape index (κ2) is 7.03. The fourth-order valence-electron chi connectivity index (χ4n) is 3.69. The summed E-state index contributed by atoms with van der Waals surface area (Å²) in [5, 5.41) is 5.71. The van der Waals surface area contributed by atoms with Crippen LogP contribution in [-0.4, -0.2) is 18.4 Å². The number of hydrogen-bond donors (Lipinski definition) is 2. The molecule has 0 unspecified atom stereocenters. The van der Waals surface area contributed by atoms with Gasteiger partial charge in [-0.1, -0.05) is 43.2 Å². The van der Waals surface area contributed by atoms with Gasteiger partial charge < -0.3 is 10.6 Å². The Labute approximate surface area is 151 Å². The first-order valence-corrected chi connectivity index (χ1v) is 8.84. The van der Waals surface area contributed by atoms with E-state index in [-0.39, 0.29) is 35.6 Å². The molecule has 1 fully saturated rings. The SMILES string of the molecule is CC(C)=C[C@H]1[C@@H](C(=O)NCC(=O)Nc2c(C)cc(C)cc2C)C1(C)C. The average molecular weight is 342 g/mol. The Balaban J connectivity index is 1.93. The van der Waals surface area contributed by atoms with Gasteiger partial charge in [-0.05, 0) is 57.1 Å². The highest BCUT2D eigenvalue weighted by Crippen LogP contribution is 2.59. The molecule has 1 aliphatic rings. The van der Waals surface area contributed by atoms with Crippen molar-refractivity contribution in [2.75, 3.05) is 11.9 Å². The molecule has 4 nitrogen and oxygen atoms in total. The second-order valence-corrected chi connectivity index (χ2v) is 8.11. The van der Waals surface area contributed by atoms with Crippen LogP contribution in [0.3, 0.4) is 0 Å². The lowest BCUT2D eigenvalue weighted by Crippen LogP contribution is -2.35. The fourth-order valence-corrected chi connectivity index (χ4v) is 3.69. The molecule has 1 aromatic carbocycles. The van der Waals surface area contributed by atoms with Crippen molar-refractivity contribution in [2.45, 2.75) is 48.5 Å². The molecule has 2 atom stereocenters. The van der Waals surface area contributed by atoms with E-state index in [0.717, 1.165) is 16.8 Å². The number of nitrogens with one attached hydrogen (secondary N) is 2. The quantitative estimate of drug-likeness (QED) is 0.797. The van der Waals surface area contributed by atoms with E-state index in [2.05, 4.69) is 30.6 Å². The number of allylic oxidation sites excluding steroid dienone is 2. The van der Waals surface area contributed by atoms with Crippen molar-refractivity contribution in [3.8, 4) is 0 Å². The van der Waals surface area contributed by atoms with E-state index in [0.29, 0.717) is 0 Å². The number of carbonyl (C=O) groups is 2. The molecule has 2 rings (SSSR count). The molecule has 1 aromatic rings. The van der Waals surface area contributed by atoms with Crippen molar-refractivity contribution in [3.63, 3.8) is 0 Å². The maximum atomic E-state index is 12.4.